The van der Waals surface area contributed by atoms with E-state index >= 15 is 0 Å². The summed E-state index contributed by atoms with van der Waals surface area (Å²) in [7, 11) is 4.32. The fourth-order valence-corrected chi connectivity index (χ4v) is 1.27. The maximum Gasteiger partial charge on any atom is 0.135 e. The Balaban J connectivity index is 3.12. The lowest BCUT2D eigenvalue weighted by Gasteiger charge is -2.14. The van der Waals surface area contributed by atoms with Gasteiger partial charge in [-0.25, -0.2) is 4.39 Å². The van der Waals surface area contributed by atoms with Crippen molar-refractivity contribution in [2.45, 2.75) is 6.54 Å². The molecule has 0 fully saturated rings. The lowest BCUT2D eigenvalue weighted by atomic mass is 10.1. The van der Waals surface area contributed by atoms with Gasteiger partial charge in [-0.15, -0.1) is 0 Å². The zero-order chi connectivity index (χ0) is 11.4. The van der Waals surface area contributed by atoms with Gasteiger partial charge in [-0.3, -0.25) is 0 Å². The van der Waals surface area contributed by atoms with E-state index in [1.165, 1.54) is 27.3 Å². The molecule has 0 saturated heterocycles. The van der Waals surface area contributed by atoms with Crippen LogP contribution >= 0.6 is 0 Å². The standard InChI is InChI=1S/C10H14FNO3/c1-12(13)6-8-9(11)4-7(14-2)5-10(8)15-3/h4-5,13H,6H2,1-3H3. The third kappa shape index (κ3) is 2.81. The van der Waals surface area contributed by atoms with Crippen LogP contribution in [0.1, 0.15) is 5.56 Å². The van der Waals surface area contributed by atoms with E-state index in [9.17, 15) is 4.39 Å². The monoisotopic (exact) mass is 215 g/mol. The molecule has 84 valence electrons. The van der Waals surface area contributed by atoms with Gasteiger partial charge >= 0.3 is 0 Å². The zero-order valence-corrected chi connectivity index (χ0v) is 8.95. The van der Waals surface area contributed by atoms with Gasteiger partial charge in [0.1, 0.15) is 17.3 Å². The molecular weight excluding hydrogens is 201 g/mol. The van der Waals surface area contributed by atoms with Crippen molar-refractivity contribution in [3.63, 3.8) is 0 Å². The molecule has 1 aromatic rings. The normalized spacial score (nSPS) is 10.5. The van der Waals surface area contributed by atoms with Crippen LogP contribution in [0.15, 0.2) is 12.1 Å². The van der Waals surface area contributed by atoms with Crippen LogP contribution in [0.2, 0.25) is 0 Å². The minimum absolute atomic E-state index is 0.0546. The molecule has 0 spiro atoms. The summed E-state index contributed by atoms with van der Waals surface area (Å²) < 4.78 is 23.5. The van der Waals surface area contributed by atoms with Crippen LogP contribution in [0.5, 0.6) is 11.5 Å². The molecule has 0 bridgehead atoms. The topological polar surface area (TPSA) is 41.9 Å². The summed E-state index contributed by atoms with van der Waals surface area (Å²) in [5.74, 6) is 0.272. The predicted octanol–water partition coefficient (Wildman–Crippen LogP) is 1.66. The Morgan fingerprint density at radius 1 is 1.33 bits per heavy atom. The number of nitrogens with zero attached hydrogens (tertiary/aromatic N) is 1. The molecule has 0 aliphatic rings. The maximum absolute atomic E-state index is 13.5. The van der Waals surface area contributed by atoms with E-state index in [0.29, 0.717) is 17.1 Å². The molecule has 0 heterocycles. The SMILES string of the molecule is COc1cc(F)c(CN(C)O)c(OC)c1. The maximum atomic E-state index is 13.5. The summed E-state index contributed by atoms with van der Waals surface area (Å²) >= 11 is 0. The van der Waals surface area contributed by atoms with E-state index in [-0.39, 0.29) is 6.54 Å². The number of ether oxygens (including phenoxy) is 2. The molecule has 0 aromatic heterocycles. The zero-order valence-electron chi connectivity index (χ0n) is 8.95. The van der Waals surface area contributed by atoms with Gasteiger partial charge in [0.2, 0.25) is 0 Å². The van der Waals surface area contributed by atoms with Crippen molar-refractivity contribution in [2.75, 3.05) is 21.3 Å². The Hall–Kier alpha value is -1.33. The van der Waals surface area contributed by atoms with E-state index in [1.54, 1.807) is 6.07 Å². The van der Waals surface area contributed by atoms with Crippen LogP contribution in [0.4, 0.5) is 4.39 Å². The minimum Gasteiger partial charge on any atom is -0.497 e. The molecule has 15 heavy (non-hydrogen) atoms. The number of halogens is 1. The van der Waals surface area contributed by atoms with Crippen molar-refractivity contribution in [3.8, 4) is 11.5 Å². The van der Waals surface area contributed by atoms with Crippen molar-refractivity contribution in [1.29, 1.82) is 0 Å². The highest BCUT2D eigenvalue weighted by Crippen LogP contribution is 2.28. The first-order chi connectivity index (χ1) is 7.08. The second-order valence-corrected chi connectivity index (χ2v) is 3.11. The van der Waals surface area contributed by atoms with Crippen molar-refractivity contribution in [3.05, 3.63) is 23.5 Å². The molecule has 0 unspecified atom stereocenters. The van der Waals surface area contributed by atoms with Gasteiger partial charge in [0.05, 0.1) is 20.8 Å². The molecule has 0 radical (unpaired) electrons. The van der Waals surface area contributed by atoms with Gasteiger partial charge in [-0.2, -0.15) is 5.06 Å². The van der Waals surface area contributed by atoms with Gasteiger partial charge in [0.25, 0.3) is 0 Å². The van der Waals surface area contributed by atoms with Crippen molar-refractivity contribution in [2.24, 2.45) is 0 Å². The summed E-state index contributed by atoms with van der Waals surface area (Å²) in [4.78, 5) is 0. The van der Waals surface area contributed by atoms with Crippen LogP contribution in [0.25, 0.3) is 0 Å². The Labute approximate surface area is 87.8 Å². The average molecular weight is 215 g/mol. The van der Waals surface area contributed by atoms with E-state index in [1.807, 2.05) is 0 Å². The number of methoxy groups -OCH3 is 2. The smallest absolute Gasteiger partial charge is 0.135 e. The lowest BCUT2D eigenvalue weighted by Crippen LogP contribution is -2.14. The van der Waals surface area contributed by atoms with Crippen molar-refractivity contribution in [1.82, 2.24) is 5.06 Å². The third-order valence-corrected chi connectivity index (χ3v) is 1.97. The quantitative estimate of drug-likeness (QED) is 0.776. The Kier molecular flexibility index (Phi) is 3.88. The van der Waals surface area contributed by atoms with Gasteiger partial charge < -0.3 is 14.7 Å². The van der Waals surface area contributed by atoms with E-state index < -0.39 is 5.82 Å². The predicted molar refractivity (Wildman–Crippen MR) is 52.8 cm³/mol. The summed E-state index contributed by atoms with van der Waals surface area (Å²) in [5, 5.41) is 9.94. The first-order valence-electron chi connectivity index (χ1n) is 4.39. The Morgan fingerprint density at radius 3 is 2.47 bits per heavy atom. The number of benzene rings is 1. The molecule has 0 atom stereocenters. The van der Waals surface area contributed by atoms with Gasteiger partial charge in [-0.05, 0) is 0 Å². The Bertz CT molecular complexity index is 342. The molecular formula is C10H14FNO3. The molecule has 0 saturated carbocycles. The largest absolute Gasteiger partial charge is 0.497 e. The minimum atomic E-state index is -0.466. The highest BCUT2D eigenvalue weighted by molar-refractivity contribution is 5.41. The van der Waals surface area contributed by atoms with Gasteiger partial charge in [0.15, 0.2) is 0 Å². The lowest BCUT2D eigenvalue weighted by molar-refractivity contribution is -0.0742. The summed E-state index contributed by atoms with van der Waals surface area (Å²) in [6, 6.07) is 2.82. The van der Waals surface area contributed by atoms with E-state index in [0.717, 1.165) is 5.06 Å². The molecule has 5 heteroatoms. The van der Waals surface area contributed by atoms with Crippen LogP contribution < -0.4 is 9.47 Å². The van der Waals surface area contributed by atoms with E-state index in [4.69, 9.17) is 14.7 Å². The highest BCUT2D eigenvalue weighted by Gasteiger charge is 2.13. The first-order valence-corrected chi connectivity index (χ1v) is 4.39. The Morgan fingerprint density at radius 2 is 2.00 bits per heavy atom. The number of rotatable bonds is 4. The second kappa shape index (κ2) is 4.95. The summed E-state index contributed by atoms with van der Waals surface area (Å²) in [6.07, 6.45) is 0. The fraction of sp³-hybridized carbons (Fsp3) is 0.400. The van der Waals surface area contributed by atoms with Crippen molar-refractivity contribution >= 4 is 0 Å². The third-order valence-electron chi connectivity index (χ3n) is 1.97. The van der Waals surface area contributed by atoms with Gasteiger partial charge in [-0.1, -0.05) is 0 Å². The molecule has 1 rings (SSSR count). The van der Waals surface area contributed by atoms with Crippen LogP contribution in [0.3, 0.4) is 0 Å². The first kappa shape index (κ1) is 11.7. The molecule has 1 N–H and O–H groups in total. The van der Waals surface area contributed by atoms with Crippen LogP contribution in [-0.2, 0) is 6.54 Å². The summed E-state index contributed by atoms with van der Waals surface area (Å²) in [5.41, 5.74) is 0.295. The number of hydroxylamine groups is 2. The second-order valence-electron chi connectivity index (χ2n) is 3.11. The average Bonchev–Trinajstić information content (AvgIpc) is 2.20. The number of hydrogen-bond donors (Lipinski definition) is 1. The van der Waals surface area contributed by atoms with Crippen LogP contribution in [-0.4, -0.2) is 31.5 Å². The molecule has 1 aromatic carbocycles. The fourth-order valence-electron chi connectivity index (χ4n) is 1.27. The molecule has 0 aliphatic heterocycles. The molecule has 4 nitrogen and oxygen atoms in total. The van der Waals surface area contributed by atoms with E-state index in [2.05, 4.69) is 0 Å². The van der Waals surface area contributed by atoms with Gasteiger partial charge in [0, 0.05) is 24.7 Å². The molecule has 0 aliphatic carbocycles. The summed E-state index contributed by atoms with van der Waals surface area (Å²) in [6.45, 7) is 0.0546. The highest BCUT2D eigenvalue weighted by atomic mass is 19.1. The molecule has 0 amide bonds. The van der Waals surface area contributed by atoms with Crippen LogP contribution in [0, 0.1) is 5.82 Å². The number of hydrogen-bond acceptors (Lipinski definition) is 4. The van der Waals surface area contributed by atoms with Crippen molar-refractivity contribution < 1.29 is 19.1 Å².